The van der Waals surface area contributed by atoms with E-state index in [1.54, 1.807) is 7.05 Å². The van der Waals surface area contributed by atoms with Crippen LogP contribution in [0.3, 0.4) is 0 Å². The van der Waals surface area contributed by atoms with Crippen LogP contribution in [-0.4, -0.2) is 84.5 Å². The molecule has 1 amide bonds. The minimum atomic E-state index is -0.374. The molecule has 10 heteroatoms. The third kappa shape index (κ3) is 7.75. The predicted octanol–water partition coefficient (Wildman–Crippen LogP) is 2.11. The number of hydrogen-bond donors (Lipinski definition) is 2. The molecule has 7 rings (SSSR count). The number of carbonyl (C=O) groups excluding carboxylic acids is 1. The summed E-state index contributed by atoms with van der Waals surface area (Å²) < 4.78 is 11.7. The predicted molar refractivity (Wildman–Crippen MR) is 182 cm³/mol. The molecule has 0 aliphatic carbocycles. The van der Waals surface area contributed by atoms with E-state index in [4.69, 9.17) is 19.4 Å². The molecule has 2 aromatic carbocycles. The maximum Gasteiger partial charge on any atom is 1.00 e. The van der Waals surface area contributed by atoms with Gasteiger partial charge in [0.2, 0.25) is 0 Å². The normalized spacial score (nSPS) is 24.7. The number of nitrogens with zero attached hydrogens (tertiary/aromatic N) is 4. The number of anilines is 1. The first-order valence-electron chi connectivity index (χ1n) is 17.1. The van der Waals surface area contributed by atoms with Crippen LogP contribution in [0.4, 0.5) is 10.6 Å². The van der Waals surface area contributed by atoms with Crippen molar-refractivity contribution in [2.45, 2.75) is 88.4 Å². The first kappa shape index (κ1) is 35.5. The van der Waals surface area contributed by atoms with Crippen LogP contribution >= 0.6 is 0 Å². The van der Waals surface area contributed by atoms with Crippen LogP contribution in [-0.2, 0) is 24.0 Å². The molecule has 0 radical (unpaired) electrons. The summed E-state index contributed by atoms with van der Waals surface area (Å²) in [5, 5.41) is 8.78. The average Bonchev–Trinajstić information content (AvgIpc) is 3.78. The van der Waals surface area contributed by atoms with Gasteiger partial charge in [0, 0.05) is 44.0 Å². The fourth-order valence-corrected chi connectivity index (χ4v) is 8.00. The van der Waals surface area contributed by atoms with E-state index in [-0.39, 0.29) is 36.5 Å². The maximum atomic E-state index is 11.6. The molecule has 1 aromatic heterocycles. The van der Waals surface area contributed by atoms with Crippen molar-refractivity contribution in [3.8, 4) is 6.01 Å². The van der Waals surface area contributed by atoms with E-state index >= 15 is 0 Å². The van der Waals surface area contributed by atoms with Crippen LogP contribution < -0.4 is 39.1 Å². The quantitative estimate of drug-likeness (QED) is 0.274. The van der Waals surface area contributed by atoms with Gasteiger partial charge in [-0.1, -0.05) is 25.5 Å². The topological polar surface area (TPSA) is 91.9 Å². The molecule has 4 saturated heterocycles. The second-order valence-electron chi connectivity index (χ2n) is 13.1. The van der Waals surface area contributed by atoms with Crippen molar-refractivity contribution >= 4 is 22.7 Å². The van der Waals surface area contributed by atoms with Gasteiger partial charge in [0.25, 0.3) is 0 Å². The van der Waals surface area contributed by atoms with Crippen LogP contribution in [0.1, 0.15) is 62.3 Å². The summed E-state index contributed by atoms with van der Waals surface area (Å²) >= 11 is 0. The zero-order valence-corrected chi connectivity index (χ0v) is 28.5. The molecule has 2 unspecified atom stereocenters. The summed E-state index contributed by atoms with van der Waals surface area (Å²) in [6.07, 6.45) is 8.62. The summed E-state index contributed by atoms with van der Waals surface area (Å²) in [6, 6.07) is 17.5. The SMILES string of the molecule is CCc1cccc2ccc[c-]c12.[CH2-]Cc1nc(OC[C@]23CCCN2[C@@H](COC(=O)NC)CC3)nc(N2CC3CCC(C2)N3)c1C[CH2-].[Li+]. The number of rotatable bonds is 9. The Hall–Kier alpha value is -2.83. The molecular weight excluding hydrogens is 583 g/mol. The zero-order chi connectivity index (χ0) is 32.1. The average molecular weight is 633 g/mol. The number of nitrogens with one attached hydrogen (secondary N) is 2. The second kappa shape index (κ2) is 16.0. The van der Waals surface area contributed by atoms with Crippen molar-refractivity contribution < 1.29 is 33.1 Å². The third-order valence-corrected chi connectivity index (χ3v) is 10.3. The van der Waals surface area contributed by atoms with Gasteiger partial charge >= 0.3 is 31.0 Å². The third-order valence-electron chi connectivity index (χ3n) is 10.3. The number of ether oxygens (including phenoxy) is 2. The molecule has 2 bridgehead atoms. The molecule has 9 nitrogen and oxygen atoms in total. The van der Waals surface area contributed by atoms with E-state index in [1.165, 1.54) is 29.2 Å². The van der Waals surface area contributed by atoms with Crippen molar-refractivity contribution in [3.05, 3.63) is 73.1 Å². The molecule has 2 N–H and O–H groups in total. The van der Waals surface area contributed by atoms with Crippen LogP contribution in [0.25, 0.3) is 10.8 Å². The van der Waals surface area contributed by atoms with Crippen LogP contribution in [0, 0.1) is 19.9 Å². The van der Waals surface area contributed by atoms with E-state index in [9.17, 15) is 4.79 Å². The second-order valence-corrected chi connectivity index (χ2v) is 13.1. The smallest absolute Gasteiger partial charge is 0.461 e. The number of piperazine rings is 1. The first-order valence-corrected chi connectivity index (χ1v) is 17.1. The van der Waals surface area contributed by atoms with Crippen molar-refractivity contribution in [3.63, 3.8) is 0 Å². The van der Waals surface area contributed by atoms with Crippen molar-refractivity contribution in [1.29, 1.82) is 0 Å². The fourth-order valence-electron chi connectivity index (χ4n) is 8.00. The number of hydrogen-bond acceptors (Lipinski definition) is 8. The van der Waals surface area contributed by atoms with Crippen molar-refractivity contribution in [1.82, 2.24) is 25.5 Å². The first-order chi connectivity index (χ1) is 22.5. The molecule has 4 aliphatic heterocycles. The molecule has 47 heavy (non-hydrogen) atoms. The Kier molecular flexibility index (Phi) is 12.1. The van der Waals surface area contributed by atoms with Crippen LogP contribution in [0.2, 0.25) is 0 Å². The van der Waals surface area contributed by atoms with Gasteiger partial charge in [0.15, 0.2) is 0 Å². The Labute approximate surface area is 292 Å². The Bertz CT molecular complexity index is 1490. The number of alkyl carbamates (subject to hydrolysis) is 1. The standard InChI is InChI=1S/C25H38N6O3.C12H11.Li/c1-4-20-21(5-2)28-23(29-22(20)30-13-17-7-8-18(14-30)27-17)34-16-25-10-6-12-31(25)19(9-11-25)15-33-24(32)26-3;1-2-10-7-5-8-11-6-3-4-9-12(10)11;/h17-19,27H,1-2,4-16H2,3H3,(H,26,32);3-8H,2H2,1H3;/q-2;-1;+1/t17?,18?,19-,25-;;/m1../s1. The van der Waals surface area contributed by atoms with Gasteiger partial charge in [0.05, 0.1) is 5.54 Å². The molecule has 248 valence electrons. The molecule has 4 fully saturated rings. The van der Waals surface area contributed by atoms with Gasteiger partial charge in [-0.2, -0.15) is 11.4 Å². The van der Waals surface area contributed by atoms with Gasteiger partial charge in [-0.3, -0.25) is 4.90 Å². The summed E-state index contributed by atoms with van der Waals surface area (Å²) in [7, 11) is 1.59. The van der Waals surface area contributed by atoms with E-state index in [0.717, 1.165) is 68.8 Å². The van der Waals surface area contributed by atoms with Gasteiger partial charge in [-0.05, 0) is 50.6 Å². The number of benzene rings is 2. The Morgan fingerprint density at radius 1 is 1.11 bits per heavy atom. The Morgan fingerprint density at radius 2 is 1.89 bits per heavy atom. The number of amides is 1. The molecule has 3 aromatic rings. The monoisotopic (exact) mass is 632 g/mol. The summed E-state index contributed by atoms with van der Waals surface area (Å²) in [5.41, 5.74) is 3.37. The molecule has 0 saturated carbocycles. The van der Waals surface area contributed by atoms with Crippen molar-refractivity contribution in [2.75, 3.05) is 44.8 Å². The molecule has 0 spiro atoms. The number of carbonyl (C=O) groups is 1. The zero-order valence-electron chi connectivity index (χ0n) is 28.5. The Morgan fingerprint density at radius 3 is 2.62 bits per heavy atom. The fraction of sp³-hybridized carbons (Fsp3) is 0.541. The van der Waals surface area contributed by atoms with E-state index in [2.05, 4.69) is 71.5 Å². The van der Waals surface area contributed by atoms with Gasteiger partial charge < -0.3 is 38.9 Å². The summed E-state index contributed by atoms with van der Waals surface area (Å²) in [5.74, 6) is 0.973. The molecule has 5 heterocycles. The van der Waals surface area contributed by atoms with Gasteiger partial charge in [-0.25, -0.2) is 9.78 Å². The summed E-state index contributed by atoms with van der Waals surface area (Å²) in [4.78, 5) is 26.1. The molecule has 4 aliphatic rings. The van der Waals surface area contributed by atoms with Crippen molar-refractivity contribution in [2.24, 2.45) is 0 Å². The maximum absolute atomic E-state index is 11.6. The van der Waals surface area contributed by atoms with E-state index < -0.39 is 0 Å². The number of aromatic nitrogens is 2. The number of fused-ring (bicyclic) bond motifs is 4. The number of aryl methyl sites for hydroxylation is 1. The van der Waals surface area contributed by atoms with Crippen LogP contribution in [0.15, 0.2) is 36.4 Å². The minimum absolute atomic E-state index is 0. The molecular formula is C37H49LiN6O3-2. The van der Waals surface area contributed by atoms with Crippen LogP contribution in [0.5, 0.6) is 6.01 Å². The molecule has 4 atom stereocenters. The Balaban J connectivity index is 0.000000280. The van der Waals surface area contributed by atoms with E-state index in [1.807, 2.05) is 12.1 Å². The van der Waals surface area contributed by atoms with Gasteiger partial charge in [0.1, 0.15) is 19.0 Å². The summed E-state index contributed by atoms with van der Waals surface area (Å²) in [6.45, 7) is 14.3. The minimum Gasteiger partial charge on any atom is -0.461 e. The largest absolute Gasteiger partial charge is 1.00 e. The van der Waals surface area contributed by atoms with Gasteiger partial charge in [-0.15, -0.1) is 53.1 Å². The van der Waals surface area contributed by atoms with E-state index in [0.29, 0.717) is 44.1 Å².